The third-order valence-corrected chi connectivity index (χ3v) is 6.49. The molecule has 0 radical (unpaired) electrons. The first-order valence-electron chi connectivity index (χ1n) is 12.3. The Morgan fingerprint density at radius 3 is 2.88 bits per heavy atom. The standard InChI is InChI=1S/C28H33N3O3/c1-3-5-8-20(4-2)18-33-23-12-10-21(11-13-23)25-19-34-27-16-26-22(15-24(27)30-25)17-29-31(26)28-9-6-7-14-32-28/h4-5,8,10-13,15-17,25,28,30H,3,6-7,9,14,18-19H2,1-2H3/b8-5-,20-4+/t25-,28?/m0/s1. The van der Waals surface area contributed by atoms with E-state index < -0.39 is 0 Å². The van der Waals surface area contributed by atoms with Crippen molar-refractivity contribution in [2.75, 3.05) is 25.1 Å². The van der Waals surface area contributed by atoms with E-state index in [-0.39, 0.29) is 12.3 Å². The van der Waals surface area contributed by atoms with Gasteiger partial charge in [0.05, 0.1) is 23.4 Å². The van der Waals surface area contributed by atoms with Crippen molar-refractivity contribution in [2.24, 2.45) is 0 Å². The smallest absolute Gasteiger partial charge is 0.150 e. The molecule has 0 amide bonds. The average Bonchev–Trinajstić information content (AvgIpc) is 3.30. The first kappa shape index (κ1) is 22.5. The van der Waals surface area contributed by atoms with Crippen LogP contribution >= 0.6 is 0 Å². The van der Waals surface area contributed by atoms with Crippen molar-refractivity contribution < 1.29 is 14.2 Å². The molecule has 2 atom stereocenters. The minimum atomic E-state index is 0.0147. The van der Waals surface area contributed by atoms with Crippen molar-refractivity contribution in [1.29, 1.82) is 0 Å². The molecule has 34 heavy (non-hydrogen) atoms. The number of nitrogens with zero attached hydrogens (tertiary/aromatic N) is 2. The number of hydrogen-bond acceptors (Lipinski definition) is 5. The summed E-state index contributed by atoms with van der Waals surface area (Å²) in [6, 6.07) is 12.6. The molecule has 178 valence electrons. The van der Waals surface area contributed by atoms with E-state index in [0.29, 0.717) is 13.2 Å². The van der Waals surface area contributed by atoms with Gasteiger partial charge in [-0.3, -0.25) is 0 Å². The Morgan fingerprint density at radius 1 is 1.24 bits per heavy atom. The minimum Gasteiger partial charge on any atom is -0.489 e. The molecule has 3 heterocycles. The van der Waals surface area contributed by atoms with E-state index in [0.717, 1.165) is 54.0 Å². The van der Waals surface area contributed by atoms with Crippen molar-refractivity contribution in [3.8, 4) is 11.5 Å². The lowest BCUT2D eigenvalue weighted by atomic mass is 10.0. The van der Waals surface area contributed by atoms with Gasteiger partial charge in [0.2, 0.25) is 0 Å². The number of ether oxygens (including phenoxy) is 3. The highest BCUT2D eigenvalue weighted by molar-refractivity contribution is 5.86. The van der Waals surface area contributed by atoms with Crippen LogP contribution in [0.5, 0.6) is 11.5 Å². The fourth-order valence-corrected chi connectivity index (χ4v) is 4.49. The van der Waals surface area contributed by atoms with Crippen molar-refractivity contribution in [2.45, 2.75) is 51.8 Å². The maximum absolute atomic E-state index is 6.18. The number of allylic oxidation sites excluding steroid dienone is 2. The van der Waals surface area contributed by atoms with Crippen molar-refractivity contribution in [3.63, 3.8) is 0 Å². The van der Waals surface area contributed by atoms with Gasteiger partial charge in [-0.15, -0.1) is 0 Å². The van der Waals surface area contributed by atoms with Crippen molar-refractivity contribution in [1.82, 2.24) is 9.78 Å². The molecule has 2 aliphatic rings. The second-order valence-corrected chi connectivity index (χ2v) is 8.86. The van der Waals surface area contributed by atoms with Crippen LogP contribution in [0, 0.1) is 0 Å². The zero-order chi connectivity index (χ0) is 23.3. The maximum atomic E-state index is 6.18. The monoisotopic (exact) mass is 459 g/mol. The van der Waals surface area contributed by atoms with E-state index in [4.69, 9.17) is 14.2 Å². The van der Waals surface area contributed by atoms with E-state index >= 15 is 0 Å². The fraction of sp³-hybridized carbons (Fsp3) is 0.393. The summed E-state index contributed by atoms with van der Waals surface area (Å²) in [7, 11) is 0. The lowest BCUT2D eigenvalue weighted by molar-refractivity contribution is -0.0366. The summed E-state index contributed by atoms with van der Waals surface area (Å²) in [5, 5.41) is 9.35. The summed E-state index contributed by atoms with van der Waals surface area (Å²) in [6.07, 6.45) is 12.6. The molecule has 1 aromatic heterocycles. The first-order chi connectivity index (χ1) is 16.7. The zero-order valence-electron chi connectivity index (χ0n) is 20.0. The second kappa shape index (κ2) is 10.3. The molecule has 0 bridgehead atoms. The lowest BCUT2D eigenvalue weighted by Gasteiger charge is -2.28. The van der Waals surface area contributed by atoms with Gasteiger partial charge >= 0.3 is 0 Å². The third-order valence-electron chi connectivity index (χ3n) is 6.49. The third kappa shape index (κ3) is 4.82. The Hall–Kier alpha value is -3.25. The fourth-order valence-electron chi connectivity index (χ4n) is 4.49. The SMILES string of the molecule is C/C=C(\C=C/CC)COc1ccc([C@@H]2COc3cc4c(cnn4C4CCCCO4)cc3N2)cc1. The second-order valence-electron chi connectivity index (χ2n) is 8.86. The van der Waals surface area contributed by atoms with Crippen molar-refractivity contribution >= 4 is 16.6 Å². The van der Waals surface area contributed by atoms with Gasteiger partial charge in [-0.1, -0.05) is 37.3 Å². The summed E-state index contributed by atoms with van der Waals surface area (Å²) in [6.45, 7) is 6.11. The van der Waals surface area contributed by atoms with Crippen LogP contribution in [0.15, 0.2) is 66.4 Å². The van der Waals surface area contributed by atoms with Gasteiger partial charge in [0.25, 0.3) is 0 Å². The molecule has 2 aromatic carbocycles. The molecule has 6 heteroatoms. The van der Waals surface area contributed by atoms with E-state index in [9.17, 15) is 0 Å². The number of anilines is 1. The van der Waals surface area contributed by atoms with Gasteiger partial charge in [-0.05, 0) is 61.9 Å². The van der Waals surface area contributed by atoms with E-state index in [1.807, 2.05) is 29.9 Å². The van der Waals surface area contributed by atoms with Gasteiger partial charge in [0, 0.05) is 18.1 Å². The van der Waals surface area contributed by atoms with Gasteiger partial charge < -0.3 is 19.5 Å². The van der Waals surface area contributed by atoms with E-state index in [1.165, 1.54) is 17.6 Å². The zero-order valence-corrected chi connectivity index (χ0v) is 20.0. The summed E-state index contributed by atoms with van der Waals surface area (Å²) < 4.78 is 20.1. The molecule has 0 saturated carbocycles. The normalized spacial score (nSPS) is 20.7. The number of hydrogen-bond donors (Lipinski definition) is 1. The molecule has 0 spiro atoms. The lowest BCUT2D eigenvalue weighted by Crippen LogP contribution is -2.24. The predicted molar refractivity (Wildman–Crippen MR) is 136 cm³/mol. The molecule has 1 unspecified atom stereocenters. The van der Waals surface area contributed by atoms with E-state index in [2.05, 4.69) is 59.8 Å². The predicted octanol–water partition coefficient (Wildman–Crippen LogP) is 6.57. The minimum absolute atomic E-state index is 0.0147. The Morgan fingerprint density at radius 2 is 2.12 bits per heavy atom. The van der Waals surface area contributed by atoms with Crippen LogP contribution in [0.25, 0.3) is 10.9 Å². The van der Waals surface area contributed by atoms with Gasteiger partial charge in [0.15, 0.2) is 6.23 Å². The summed E-state index contributed by atoms with van der Waals surface area (Å²) in [4.78, 5) is 0. The first-order valence-corrected chi connectivity index (χ1v) is 12.3. The van der Waals surface area contributed by atoms with E-state index in [1.54, 1.807) is 0 Å². The van der Waals surface area contributed by atoms with Gasteiger partial charge in [-0.2, -0.15) is 5.10 Å². The van der Waals surface area contributed by atoms with Crippen LogP contribution < -0.4 is 14.8 Å². The topological polar surface area (TPSA) is 57.5 Å². The molecule has 1 saturated heterocycles. The van der Waals surface area contributed by atoms with Crippen molar-refractivity contribution in [3.05, 3.63) is 72.0 Å². The molecule has 2 aliphatic heterocycles. The summed E-state index contributed by atoms with van der Waals surface area (Å²) in [5.41, 5.74) is 4.39. The van der Waals surface area contributed by atoms with Gasteiger partial charge in [-0.25, -0.2) is 4.68 Å². The average molecular weight is 460 g/mol. The quantitative estimate of drug-likeness (QED) is 0.405. The summed E-state index contributed by atoms with van der Waals surface area (Å²) in [5.74, 6) is 1.73. The number of fused-ring (bicyclic) bond motifs is 2. The number of aromatic nitrogens is 2. The molecular weight excluding hydrogens is 426 g/mol. The number of benzene rings is 2. The number of rotatable bonds is 7. The molecule has 0 aliphatic carbocycles. The molecule has 1 N–H and O–H groups in total. The van der Waals surface area contributed by atoms with Crippen LogP contribution in [-0.4, -0.2) is 29.6 Å². The molecule has 3 aromatic rings. The van der Waals surface area contributed by atoms with Crippen LogP contribution in [0.1, 0.15) is 57.4 Å². The molecular formula is C28H33N3O3. The Labute approximate surface area is 201 Å². The maximum Gasteiger partial charge on any atom is 0.150 e. The van der Waals surface area contributed by atoms with Crippen LogP contribution in [0.4, 0.5) is 5.69 Å². The van der Waals surface area contributed by atoms with Crippen LogP contribution in [-0.2, 0) is 4.74 Å². The Balaban J connectivity index is 1.26. The molecule has 1 fully saturated rings. The highest BCUT2D eigenvalue weighted by atomic mass is 16.5. The van der Waals surface area contributed by atoms with Gasteiger partial charge in [0.1, 0.15) is 24.7 Å². The molecule has 6 nitrogen and oxygen atoms in total. The van der Waals surface area contributed by atoms with Crippen LogP contribution in [0.2, 0.25) is 0 Å². The Kier molecular flexibility index (Phi) is 6.86. The highest BCUT2D eigenvalue weighted by Crippen LogP contribution is 2.38. The summed E-state index contributed by atoms with van der Waals surface area (Å²) >= 11 is 0. The van der Waals surface area contributed by atoms with Crippen LogP contribution in [0.3, 0.4) is 0 Å². The largest absolute Gasteiger partial charge is 0.489 e. The Bertz CT molecular complexity index is 1170. The molecule has 5 rings (SSSR count). The highest BCUT2D eigenvalue weighted by Gasteiger charge is 2.24. The number of nitrogens with one attached hydrogen (secondary N) is 1.